The van der Waals surface area contributed by atoms with Crippen LogP contribution in [0.1, 0.15) is 271 Å². The maximum Gasteiger partial charge on any atom is 0.306 e. The number of rotatable bonds is 62. The molecule has 0 N–H and O–H groups in total. The maximum atomic E-state index is 12.9. The zero-order valence-corrected chi connectivity index (χ0v) is 55.2. The van der Waals surface area contributed by atoms with Gasteiger partial charge in [-0.3, -0.25) is 9.59 Å². The van der Waals surface area contributed by atoms with Gasteiger partial charge in [-0.25, -0.2) is 0 Å². The molecule has 2 atom stereocenters. The number of hydrogen-bond acceptors (Lipinski definition) is 8. The Morgan fingerprint density at radius 1 is 0.353 bits per heavy atom. The van der Waals surface area contributed by atoms with Crippen LogP contribution in [0.2, 0.25) is 0 Å². The number of ether oxygens (including phenoxy) is 4. The monoisotopic (exact) mass is 1180 g/mol. The molecule has 0 aromatic carbocycles. The van der Waals surface area contributed by atoms with Gasteiger partial charge in [0.05, 0.1) is 40.3 Å². The van der Waals surface area contributed by atoms with Gasteiger partial charge in [0.1, 0.15) is 13.2 Å². The average molecular weight is 1180 g/mol. The molecule has 9 nitrogen and oxygen atoms in total. The Kier molecular flexibility index (Phi) is 61.9. The number of unbranched alkanes of at least 4 members (excludes halogenated alkanes) is 25. The zero-order chi connectivity index (χ0) is 61.9. The van der Waals surface area contributed by atoms with Crippen LogP contribution in [-0.4, -0.2) is 82.3 Å². The van der Waals surface area contributed by atoms with Gasteiger partial charge in [0, 0.05) is 12.8 Å². The summed E-state index contributed by atoms with van der Waals surface area (Å²) >= 11 is 0. The summed E-state index contributed by atoms with van der Waals surface area (Å²) in [4.78, 5) is 37.5. The number of quaternary nitrogens is 1. The summed E-state index contributed by atoms with van der Waals surface area (Å²) in [5.41, 5.74) is 0. The third kappa shape index (κ3) is 66.8. The van der Waals surface area contributed by atoms with Gasteiger partial charge in [0.15, 0.2) is 12.4 Å². The van der Waals surface area contributed by atoms with Crippen LogP contribution in [0.25, 0.3) is 0 Å². The second-order valence-electron chi connectivity index (χ2n) is 23.7. The predicted octanol–water partition coefficient (Wildman–Crippen LogP) is 20.0. The van der Waals surface area contributed by atoms with E-state index in [0.717, 1.165) is 116 Å². The van der Waals surface area contributed by atoms with Crippen LogP contribution < -0.4 is 5.11 Å². The van der Waals surface area contributed by atoms with Crippen molar-refractivity contribution in [3.05, 3.63) is 134 Å². The number of carboxylic acids is 1. The molecule has 0 saturated carbocycles. The van der Waals surface area contributed by atoms with Gasteiger partial charge < -0.3 is 33.3 Å². The molecule has 0 amide bonds. The first kappa shape index (κ1) is 80.4. The van der Waals surface area contributed by atoms with Crippen molar-refractivity contribution in [2.45, 2.75) is 283 Å². The van der Waals surface area contributed by atoms with E-state index in [1.54, 1.807) is 0 Å². The number of esters is 2. The number of likely N-dealkylation sites (N-methyl/N-ethyl adjacent to an activating group) is 1. The van der Waals surface area contributed by atoms with E-state index >= 15 is 0 Å². The molecule has 0 aromatic rings. The van der Waals surface area contributed by atoms with E-state index in [0.29, 0.717) is 17.4 Å². The number of carbonyl (C=O) groups excluding carboxylic acids is 3. The summed E-state index contributed by atoms with van der Waals surface area (Å²) in [6.45, 7) is 4.52. The van der Waals surface area contributed by atoms with Crippen molar-refractivity contribution in [2.75, 3.05) is 47.5 Å². The minimum atomic E-state index is -1.63. The summed E-state index contributed by atoms with van der Waals surface area (Å²) in [6.07, 6.45) is 90.9. The van der Waals surface area contributed by atoms with E-state index in [4.69, 9.17) is 18.9 Å². The van der Waals surface area contributed by atoms with E-state index in [-0.39, 0.29) is 38.6 Å². The van der Waals surface area contributed by atoms with Gasteiger partial charge in [0.25, 0.3) is 0 Å². The summed E-state index contributed by atoms with van der Waals surface area (Å²) in [5, 5.41) is 11.8. The van der Waals surface area contributed by atoms with Crippen molar-refractivity contribution < 1.29 is 42.9 Å². The summed E-state index contributed by atoms with van der Waals surface area (Å²) in [6, 6.07) is 0. The maximum absolute atomic E-state index is 12.9. The standard InChI is InChI=1S/C76H127NO8/c1-6-8-10-12-14-16-18-20-22-24-26-28-30-32-34-36-37-39-40-42-44-46-48-50-52-54-56-58-60-62-64-66-73(78)83-70-72(71-84-76(75(80)81)82-69-68-77(3,4)5)85-74(79)67-65-63-61-59-57-55-53-51-49-47-45-43-41-38-35-33-31-29-27-25-23-21-19-17-15-13-11-9-7-2/h8-11,14-17,20-23,26-29,33,35,41,43,47,49,72,76H,6-7,12-13,18-19,24-25,30-32,34,36-40,42,44-46,48,50-71H2,1-5H3/b10-8-,11-9-,16-14-,17-15-,22-20-,23-21-,28-26-,29-27-,35-33-,43-41-,49-47-. The van der Waals surface area contributed by atoms with Gasteiger partial charge in [-0.15, -0.1) is 0 Å². The van der Waals surface area contributed by atoms with Crippen LogP contribution in [0.15, 0.2) is 134 Å². The van der Waals surface area contributed by atoms with Crippen molar-refractivity contribution in [1.29, 1.82) is 0 Å². The summed E-state index contributed by atoms with van der Waals surface area (Å²) in [7, 11) is 5.92. The third-order valence-corrected chi connectivity index (χ3v) is 14.4. The fourth-order valence-corrected chi connectivity index (χ4v) is 9.22. The van der Waals surface area contributed by atoms with Crippen LogP contribution in [0.4, 0.5) is 0 Å². The first-order valence-corrected chi connectivity index (χ1v) is 34.3. The highest BCUT2D eigenvalue weighted by molar-refractivity contribution is 5.70. The van der Waals surface area contributed by atoms with Gasteiger partial charge in [-0.1, -0.05) is 282 Å². The second kappa shape index (κ2) is 65.4. The fraction of sp³-hybridized carbons (Fsp3) is 0.671. The Balaban J connectivity index is 4.17. The van der Waals surface area contributed by atoms with Crippen LogP contribution in [-0.2, 0) is 33.3 Å². The summed E-state index contributed by atoms with van der Waals surface area (Å²) < 4.78 is 22.8. The first-order valence-electron chi connectivity index (χ1n) is 34.3. The second-order valence-corrected chi connectivity index (χ2v) is 23.7. The largest absolute Gasteiger partial charge is 0.545 e. The SMILES string of the molecule is CC/C=C\C/C=C\C/C=C\C/C=C\C/C=C\C/C=C\C/C=C\CCCCCCCCCC(=O)OC(COC(=O)CCCCCCCCCCCCCCCCCCCC/C=C\C/C=C\C/C=C\C/C=C\CC)COC(OCC[N+](C)(C)C)C(=O)[O-]. The smallest absolute Gasteiger partial charge is 0.306 e. The molecular weight excluding hydrogens is 1050 g/mol. The molecule has 484 valence electrons. The van der Waals surface area contributed by atoms with Crippen LogP contribution in [0, 0.1) is 0 Å². The van der Waals surface area contributed by atoms with Crippen molar-refractivity contribution in [3.63, 3.8) is 0 Å². The predicted molar refractivity (Wildman–Crippen MR) is 361 cm³/mol. The molecule has 0 spiro atoms. The van der Waals surface area contributed by atoms with Gasteiger partial charge in [-0.05, 0) is 109 Å². The Morgan fingerprint density at radius 2 is 0.635 bits per heavy atom. The first-order chi connectivity index (χ1) is 41.6. The highest BCUT2D eigenvalue weighted by atomic mass is 16.7. The van der Waals surface area contributed by atoms with Crippen molar-refractivity contribution in [1.82, 2.24) is 0 Å². The lowest BCUT2D eigenvalue weighted by Crippen LogP contribution is -2.44. The topological polar surface area (TPSA) is 111 Å². The molecule has 0 aliphatic rings. The molecule has 0 aromatic heterocycles. The molecule has 9 heteroatoms. The normalized spacial score (nSPS) is 13.6. The molecule has 0 fully saturated rings. The number of nitrogens with zero attached hydrogens (tertiary/aromatic N) is 1. The molecule has 85 heavy (non-hydrogen) atoms. The molecule has 0 heterocycles. The van der Waals surface area contributed by atoms with E-state index in [1.807, 2.05) is 21.1 Å². The lowest BCUT2D eigenvalue weighted by atomic mass is 10.0. The Bertz CT molecular complexity index is 1860. The third-order valence-electron chi connectivity index (χ3n) is 14.4. The number of carboxylic acid groups (broad SMARTS) is 1. The molecule has 0 aliphatic carbocycles. The van der Waals surface area contributed by atoms with Crippen LogP contribution in [0.5, 0.6) is 0 Å². The minimum Gasteiger partial charge on any atom is -0.545 e. The molecule has 0 saturated heterocycles. The Labute approximate surface area is 522 Å². The number of hydrogen-bond donors (Lipinski definition) is 0. The fourth-order valence-electron chi connectivity index (χ4n) is 9.22. The molecule has 0 radical (unpaired) electrons. The van der Waals surface area contributed by atoms with Crippen molar-refractivity contribution in [2.24, 2.45) is 0 Å². The van der Waals surface area contributed by atoms with Crippen LogP contribution in [0.3, 0.4) is 0 Å². The molecule has 0 rings (SSSR count). The van der Waals surface area contributed by atoms with Crippen molar-refractivity contribution >= 4 is 17.9 Å². The number of aliphatic carboxylic acids is 1. The van der Waals surface area contributed by atoms with E-state index in [2.05, 4.69) is 148 Å². The lowest BCUT2D eigenvalue weighted by molar-refractivity contribution is -0.870. The molecule has 0 aliphatic heterocycles. The van der Waals surface area contributed by atoms with E-state index < -0.39 is 24.3 Å². The highest BCUT2D eigenvalue weighted by Crippen LogP contribution is 2.17. The number of carbonyl (C=O) groups is 3. The minimum absolute atomic E-state index is 0.140. The molecule has 2 unspecified atom stereocenters. The van der Waals surface area contributed by atoms with Gasteiger partial charge in [0.2, 0.25) is 0 Å². The molecule has 0 bridgehead atoms. The average Bonchev–Trinajstić information content (AvgIpc) is 3.48. The van der Waals surface area contributed by atoms with Gasteiger partial charge in [-0.2, -0.15) is 0 Å². The van der Waals surface area contributed by atoms with E-state index in [9.17, 15) is 19.5 Å². The number of allylic oxidation sites excluding steroid dienone is 22. The van der Waals surface area contributed by atoms with E-state index in [1.165, 1.54) is 122 Å². The van der Waals surface area contributed by atoms with Gasteiger partial charge >= 0.3 is 11.9 Å². The van der Waals surface area contributed by atoms with Crippen LogP contribution >= 0.6 is 0 Å². The van der Waals surface area contributed by atoms with Crippen molar-refractivity contribution in [3.8, 4) is 0 Å². The zero-order valence-electron chi connectivity index (χ0n) is 55.2. The molecular formula is C76H127NO8. The summed E-state index contributed by atoms with van der Waals surface area (Å²) in [5.74, 6) is -2.30. The quantitative estimate of drug-likeness (QED) is 0.0195. The Hall–Kier alpha value is -4.57. The Morgan fingerprint density at radius 3 is 0.941 bits per heavy atom. The lowest BCUT2D eigenvalue weighted by Gasteiger charge is -2.26. The highest BCUT2D eigenvalue weighted by Gasteiger charge is 2.22.